The van der Waals surface area contributed by atoms with Gasteiger partial charge in [-0.05, 0) is 60.2 Å². The number of aliphatic imine (C=N–C) groups is 1. The molecule has 3 aromatic rings. The van der Waals surface area contributed by atoms with Crippen LogP contribution in [0.3, 0.4) is 0 Å². The summed E-state index contributed by atoms with van der Waals surface area (Å²) < 4.78 is 4.67. The molecule has 0 saturated carbocycles. The average molecular weight is 519 g/mol. The highest BCUT2D eigenvalue weighted by molar-refractivity contribution is 8.13. The zero-order chi connectivity index (χ0) is 24.6. The van der Waals surface area contributed by atoms with Gasteiger partial charge in [0.2, 0.25) is 0 Å². The van der Waals surface area contributed by atoms with Crippen molar-refractivity contribution in [2.24, 2.45) is 20.2 Å². The van der Waals surface area contributed by atoms with Crippen molar-refractivity contribution in [3.8, 4) is 6.07 Å². The van der Waals surface area contributed by atoms with E-state index < -0.39 is 0 Å². The van der Waals surface area contributed by atoms with Crippen LogP contribution in [0.1, 0.15) is 29.0 Å². The summed E-state index contributed by atoms with van der Waals surface area (Å²) in [6.07, 6.45) is 2.70. The van der Waals surface area contributed by atoms with Crippen LogP contribution in [0.15, 0.2) is 98.2 Å². The number of nitriles is 1. The second kappa shape index (κ2) is 11.9. The molecule has 6 nitrogen and oxygen atoms in total. The summed E-state index contributed by atoms with van der Waals surface area (Å²) in [5.74, 6) is 0.548. The maximum absolute atomic E-state index is 9.03. The first-order chi connectivity index (χ1) is 17.1. The van der Waals surface area contributed by atoms with Gasteiger partial charge in [-0.1, -0.05) is 65.8 Å². The third kappa shape index (κ3) is 6.45. The molecule has 35 heavy (non-hydrogen) atoms. The number of thioether (sulfide) groups is 1. The Morgan fingerprint density at radius 3 is 2.46 bits per heavy atom. The number of guanidine groups is 1. The Morgan fingerprint density at radius 1 is 1.09 bits per heavy atom. The summed E-state index contributed by atoms with van der Waals surface area (Å²) >= 11 is 8.77. The van der Waals surface area contributed by atoms with E-state index in [2.05, 4.69) is 27.6 Å². The molecule has 0 aromatic heterocycles. The highest BCUT2D eigenvalue weighted by atomic mass is 35.5. The predicted octanol–water partition coefficient (Wildman–Crippen LogP) is 6.15. The van der Waals surface area contributed by atoms with Crippen molar-refractivity contribution in [3.63, 3.8) is 0 Å². The van der Waals surface area contributed by atoms with Crippen LogP contribution in [0.4, 0.5) is 0 Å². The number of hydrazone groups is 1. The maximum Gasteiger partial charge on any atom is 0.255 e. The Balaban J connectivity index is 1.72. The second-order valence-electron chi connectivity index (χ2n) is 7.64. The van der Waals surface area contributed by atoms with Crippen LogP contribution in [-0.4, -0.2) is 34.6 Å². The van der Waals surface area contributed by atoms with Crippen molar-refractivity contribution in [1.82, 2.24) is 5.01 Å². The Kier molecular flexibility index (Phi) is 8.48. The predicted molar refractivity (Wildman–Crippen MR) is 148 cm³/mol. The molecule has 176 valence electrons. The van der Waals surface area contributed by atoms with Gasteiger partial charge in [0.25, 0.3) is 5.96 Å². The van der Waals surface area contributed by atoms with Crippen LogP contribution in [0.25, 0.3) is 0 Å². The van der Waals surface area contributed by atoms with Crippen molar-refractivity contribution < 1.29 is 0 Å². The van der Waals surface area contributed by atoms with Crippen molar-refractivity contribution in [2.75, 3.05) is 12.8 Å². The molecule has 3 aromatic carbocycles. The first kappa shape index (κ1) is 24.9. The summed E-state index contributed by atoms with van der Waals surface area (Å²) in [5, 5.41) is 16.9. The number of nitrogens with two attached hydrogens (primary N) is 1. The lowest BCUT2D eigenvalue weighted by molar-refractivity contribution is 0.400. The van der Waals surface area contributed by atoms with E-state index in [0.29, 0.717) is 28.3 Å². The highest BCUT2D eigenvalue weighted by Crippen LogP contribution is 2.31. The molecule has 1 heterocycles. The number of hydrogen-bond acceptors (Lipinski definition) is 5. The Morgan fingerprint density at radius 2 is 1.80 bits per heavy atom. The molecular weight excluding hydrogens is 496 g/mol. The van der Waals surface area contributed by atoms with Crippen LogP contribution in [-0.2, 0) is 0 Å². The maximum atomic E-state index is 9.03. The number of amidine groups is 1. The molecule has 4 rings (SSSR count). The fourth-order valence-electron chi connectivity index (χ4n) is 3.63. The van der Waals surface area contributed by atoms with Gasteiger partial charge in [-0.3, -0.25) is 0 Å². The lowest BCUT2D eigenvalue weighted by Crippen LogP contribution is -2.35. The molecule has 0 radical (unpaired) electrons. The van der Waals surface area contributed by atoms with E-state index in [0.717, 1.165) is 22.6 Å². The fourth-order valence-corrected chi connectivity index (χ4v) is 4.50. The zero-order valence-corrected chi connectivity index (χ0v) is 21.4. The average Bonchev–Trinajstić information content (AvgIpc) is 2.91. The quantitative estimate of drug-likeness (QED) is 0.254. The zero-order valence-electron chi connectivity index (χ0n) is 19.0. The van der Waals surface area contributed by atoms with Gasteiger partial charge in [-0.25, -0.2) is 5.01 Å². The van der Waals surface area contributed by atoms with Gasteiger partial charge in [0.15, 0.2) is 5.17 Å². The standard InChI is InChI=1S/C26H23ClN6S2/c1-34-25(29)30-26(32-35-22-13-7-18(17-28)8-14-22)33-16-15-23(19-5-3-2-4-6-19)24(31-33)20-9-11-21(27)12-10-20/h2-14,23H,15-16H2,1H3,(H2,29,30,32). The normalized spacial score (nSPS) is 16.5. The van der Waals surface area contributed by atoms with E-state index in [4.69, 9.17) is 27.7 Å². The summed E-state index contributed by atoms with van der Waals surface area (Å²) in [6.45, 7) is 0.634. The molecule has 1 aliphatic rings. The number of benzene rings is 3. The van der Waals surface area contributed by atoms with Gasteiger partial charge in [-0.2, -0.15) is 19.8 Å². The van der Waals surface area contributed by atoms with Crippen LogP contribution in [0.5, 0.6) is 0 Å². The molecular formula is C26H23ClN6S2. The first-order valence-electron chi connectivity index (χ1n) is 10.9. The van der Waals surface area contributed by atoms with Crippen molar-refractivity contribution in [2.45, 2.75) is 17.2 Å². The van der Waals surface area contributed by atoms with Gasteiger partial charge < -0.3 is 5.73 Å². The SMILES string of the molecule is CS/C(N)=N\C(=N\Sc1ccc(C#N)cc1)N1CCC(c2ccccc2)C(c2ccc(Cl)cc2)=N1. The van der Waals surface area contributed by atoms with E-state index in [1.54, 1.807) is 12.1 Å². The number of rotatable bonds is 4. The summed E-state index contributed by atoms with van der Waals surface area (Å²) in [7, 11) is 0. The first-order valence-corrected chi connectivity index (χ1v) is 13.2. The van der Waals surface area contributed by atoms with E-state index in [-0.39, 0.29) is 5.92 Å². The number of halogens is 1. The molecule has 0 bridgehead atoms. The van der Waals surface area contributed by atoms with Crippen LogP contribution < -0.4 is 5.73 Å². The second-order valence-corrected chi connectivity index (χ2v) is 9.74. The smallest absolute Gasteiger partial charge is 0.255 e. The van der Waals surface area contributed by atoms with Gasteiger partial charge in [-0.15, -0.1) is 0 Å². The van der Waals surface area contributed by atoms with Crippen molar-refractivity contribution >= 4 is 52.1 Å². The molecule has 1 aliphatic heterocycles. The Bertz CT molecular complexity index is 1280. The summed E-state index contributed by atoms with van der Waals surface area (Å²) in [5.41, 5.74) is 9.79. The third-order valence-corrected chi connectivity index (χ3v) is 6.90. The molecule has 1 atom stereocenters. The number of hydrogen-bond donors (Lipinski definition) is 1. The lowest BCUT2D eigenvalue weighted by Gasteiger charge is -2.30. The highest BCUT2D eigenvalue weighted by Gasteiger charge is 2.28. The molecule has 0 spiro atoms. The van der Waals surface area contributed by atoms with E-state index in [9.17, 15) is 0 Å². The monoisotopic (exact) mass is 518 g/mol. The van der Waals surface area contributed by atoms with Gasteiger partial charge in [0.05, 0.1) is 17.3 Å². The van der Waals surface area contributed by atoms with Gasteiger partial charge in [0.1, 0.15) is 0 Å². The molecule has 0 amide bonds. The van der Waals surface area contributed by atoms with Crippen molar-refractivity contribution in [3.05, 3.63) is 101 Å². The van der Waals surface area contributed by atoms with Crippen molar-refractivity contribution in [1.29, 1.82) is 5.26 Å². The van der Waals surface area contributed by atoms with E-state index in [1.165, 1.54) is 29.3 Å². The number of nitrogens with zero attached hydrogens (tertiary/aromatic N) is 5. The molecule has 0 fully saturated rings. The van der Waals surface area contributed by atoms with Gasteiger partial charge >= 0.3 is 0 Å². The van der Waals surface area contributed by atoms with Crippen LogP contribution >= 0.6 is 35.3 Å². The summed E-state index contributed by atoms with van der Waals surface area (Å²) in [6, 6.07) is 27.5. The van der Waals surface area contributed by atoms with Crippen LogP contribution in [0.2, 0.25) is 5.02 Å². The van der Waals surface area contributed by atoms with Gasteiger partial charge in [0, 0.05) is 34.3 Å². The third-order valence-electron chi connectivity index (χ3n) is 5.40. The Labute approximate surface area is 218 Å². The topological polar surface area (TPSA) is 90.1 Å². The van der Waals surface area contributed by atoms with E-state index in [1.807, 2.05) is 65.9 Å². The van der Waals surface area contributed by atoms with E-state index >= 15 is 0 Å². The molecule has 0 aliphatic carbocycles. The molecule has 0 saturated heterocycles. The minimum atomic E-state index is 0.128. The minimum absolute atomic E-state index is 0.128. The summed E-state index contributed by atoms with van der Waals surface area (Å²) in [4.78, 5) is 5.43. The minimum Gasteiger partial charge on any atom is -0.378 e. The lowest BCUT2D eigenvalue weighted by atomic mass is 9.86. The van der Waals surface area contributed by atoms with Crippen LogP contribution in [0, 0.1) is 11.3 Å². The molecule has 9 heteroatoms. The molecule has 1 unspecified atom stereocenters. The largest absolute Gasteiger partial charge is 0.378 e. The molecule has 2 N–H and O–H groups in total. The fraction of sp³-hybridized carbons (Fsp3) is 0.154. The Hall–Kier alpha value is -3.25.